The van der Waals surface area contributed by atoms with Gasteiger partial charge in [0.1, 0.15) is 18.1 Å². The first-order valence-corrected chi connectivity index (χ1v) is 9.93. The molecule has 0 aliphatic rings. The Hall–Kier alpha value is -3.27. The molecule has 3 aromatic rings. The molecule has 0 heterocycles. The van der Waals surface area contributed by atoms with Gasteiger partial charge in [-0.1, -0.05) is 48.0 Å². The van der Waals surface area contributed by atoms with E-state index in [2.05, 4.69) is 17.4 Å². The molecule has 0 atom stereocenters. The molecule has 1 N–H and O–H groups in total. The zero-order valence-electron chi connectivity index (χ0n) is 17.0. The second-order valence-electron chi connectivity index (χ2n) is 6.85. The minimum atomic E-state index is -0.0967. The lowest BCUT2D eigenvalue weighted by Gasteiger charge is -2.14. The van der Waals surface area contributed by atoms with Gasteiger partial charge in [-0.25, -0.2) is 0 Å². The fraction of sp³-hybridized carbons (Fsp3) is 0.240. The number of hydrogen-bond donors (Lipinski definition) is 1. The predicted octanol–water partition coefficient (Wildman–Crippen LogP) is 4.95. The van der Waals surface area contributed by atoms with Crippen molar-refractivity contribution in [2.75, 3.05) is 13.2 Å². The first-order chi connectivity index (χ1) is 14.2. The summed E-state index contributed by atoms with van der Waals surface area (Å²) in [4.78, 5) is 12.6. The van der Waals surface area contributed by atoms with Gasteiger partial charge in [0.05, 0.1) is 6.61 Å². The van der Waals surface area contributed by atoms with Crippen LogP contribution in [0, 0.1) is 6.92 Å². The number of aryl methyl sites for hydroxylation is 1. The number of amides is 1. The lowest BCUT2D eigenvalue weighted by Crippen LogP contribution is -2.25. The molecule has 0 radical (unpaired) electrons. The van der Waals surface area contributed by atoms with Crippen LogP contribution in [0.25, 0.3) is 0 Å². The van der Waals surface area contributed by atoms with Gasteiger partial charge < -0.3 is 14.8 Å². The molecule has 3 aromatic carbocycles. The zero-order valence-corrected chi connectivity index (χ0v) is 17.0. The Kier molecular flexibility index (Phi) is 7.28. The van der Waals surface area contributed by atoms with E-state index in [1.165, 1.54) is 11.1 Å². The number of ether oxygens (including phenoxy) is 2. The third kappa shape index (κ3) is 6.11. The fourth-order valence-electron chi connectivity index (χ4n) is 2.99. The van der Waals surface area contributed by atoms with Crippen LogP contribution in [0.4, 0.5) is 0 Å². The molecule has 0 aromatic heterocycles. The van der Waals surface area contributed by atoms with Crippen molar-refractivity contribution in [2.24, 2.45) is 0 Å². The molecule has 1 amide bonds. The van der Waals surface area contributed by atoms with Crippen LogP contribution in [0.15, 0.2) is 72.8 Å². The van der Waals surface area contributed by atoms with E-state index in [-0.39, 0.29) is 5.91 Å². The van der Waals surface area contributed by atoms with Gasteiger partial charge in [0.2, 0.25) is 0 Å². The summed E-state index contributed by atoms with van der Waals surface area (Å²) in [6.07, 6.45) is 0.799. The summed E-state index contributed by atoms with van der Waals surface area (Å²) < 4.78 is 11.6. The molecular weight excluding hydrogens is 362 g/mol. The van der Waals surface area contributed by atoms with Crippen molar-refractivity contribution in [1.29, 1.82) is 0 Å². The number of carbonyl (C=O) groups excluding carboxylic acids is 1. The molecular formula is C25H27NO3. The van der Waals surface area contributed by atoms with E-state index in [1.807, 2.05) is 68.4 Å². The van der Waals surface area contributed by atoms with E-state index in [1.54, 1.807) is 6.07 Å². The Morgan fingerprint density at radius 1 is 0.931 bits per heavy atom. The second kappa shape index (κ2) is 10.3. The SMILES string of the molecule is CCOc1ccc(C(=O)NCCc2ccccc2)cc1COc1ccc(C)cc1. The summed E-state index contributed by atoms with van der Waals surface area (Å²) in [5.74, 6) is 1.43. The minimum absolute atomic E-state index is 0.0967. The van der Waals surface area contributed by atoms with Crippen LogP contribution < -0.4 is 14.8 Å². The van der Waals surface area contributed by atoms with E-state index in [4.69, 9.17) is 9.47 Å². The van der Waals surface area contributed by atoms with Gasteiger partial charge in [0.25, 0.3) is 5.91 Å². The van der Waals surface area contributed by atoms with E-state index in [0.29, 0.717) is 25.3 Å². The standard InChI is InChI=1S/C25H27NO3/c1-3-28-24-14-11-21(25(27)26-16-15-20-7-5-4-6-8-20)17-22(24)18-29-23-12-9-19(2)10-13-23/h4-14,17H,3,15-16,18H2,1-2H3,(H,26,27). The third-order valence-electron chi connectivity index (χ3n) is 4.58. The topological polar surface area (TPSA) is 47.6 Å². The molecule has 29 heavy (non-hydrogen) atoms. The molecule has 0 aliphatic carbocycles. The molecule has 0 bridgehead atoms. The number of rotatable bonds is 9. The average molecular weight is 389 g/mol. The Labute approximate surface area is 172 Å². The molecule has 4 nitrogen and oxygen atoms in total. The zero-order chi connectivity index (χ0) is 20.5. The van der Waals surface area contributed by atoms with Gasteiger partial charge in [0.15, 0.2) is 0 Å². The monoisotopic (exact) mass is 389 g/mol. The summed E-state index contributed by atoms with van der Waals surface area (Å²) >= 11 is 0. The van der Waals surface area contributed by atoms with Crippen LogP contribution >= 0.6 is 0 Å². The van der Waals surface area contributed by atoms with Crippen molar-refractivity contribution in [3.63, 3.8) is 0 Å². The van der Waals surface area contributed by atoms with Crippen molar-refractivity contribution >= 4 is 5.91 Å². The first-order valence-electron chi connectivity index (χ1n) is 9.93. The van der Waals surface area contributed by atoms with Crippen molar-refractivity contribution in [3.8, 4) is 11.5 Å². The third-order valence-corrected chi connectivity index (χ3v) is 4.58. The molecule has 0 spiro atoms. The molecule has 0 fully saturated rings. The lowest BCUT2D eigenvalue weighted by molar-refractivity contribution is 0.0954. The van der Waals surface area contributed by atoms with Crippen LogP contribution in [0.1, 0.15) is 34.0 Å². The normalized spacial score (nSPS) is 10.4. The van der Waals surface area contributed by atoms with E-state index in [9.17, 15) is 4.79 Å². The summed E-state index contributed by atoms with van der Waals surface area (Å²) in [5, 5.41) is 2.99. The highest BCUT2D eigenvalue weighted by atomic mass is 16.5. The van der Waals surface area contributed by atoms with Gasteiger partial charge >= 0.3 is 0 Å². The molecule has 3 rings (SSSR count). The van der Waals surface area contributed by atoms with Gasteiger partial charge in [0, 0.05) is 17.7 Å². The number of carbonyl (C=O) groups is 1. The van der Waals surface area contributed by atoms with Crippen LogP contribution in [-0.2, 0) is 13.0 Å². The van der Waals surface area contributed by atoms with E-state index < -0.39 is 0 Å². The molecule has 0 saturated heterocycles. The number of hydrogen-bond acceptors (Lipinski definition) is 3. The quantitative estimate of drug-likeness (QED) is 0.564. The minimum Gasteiger partial charge on any atom is -0.493 e. The molecule has 4 heteroatoms. The Bertz CT molecular complexity index is 921. The van der Waals surface area contributed by atoms with Crippen LogP contribution in [0.2, 0.25) is 0 Å². The number of nitrogens with one attached hydrogen (secondary N) is 1. The predicted molar refractivity (Wildman–Crippen MR) is 116 cm³/mol. The fourth-order valence-corrected chi connectivity index (χ4v) is 2.99. The summed E-state index contributed by atoms with van der Waals surface area (Å²) in [6.45, 7) is 5.46. The summed E-state index contributed by atoms with van der Waals surface area (Å²) in [6, 6.07) is 23.5. The lowest BCUT2D eigenvalue weighted by atomic mass is 10.1. The molecule has 0 saturated carbocycles. The summed E-state index contributed by atoms with van der Waals surface area (Å²) in [5.41, 5.74) is 3.83. The first kappa shape index (κ1) is 20.5. The van der Waals surface area contributed by atoms with Crippen molar-refractivity contribution < 1.29 is 14.3 Å². The van der Waals surface area contributed by atoms with Crippen molar-refractivity contribution in [3.05, 3.63) is 95.1 Å². The van der Waals surface area contributed by atoms with Gasteiger partial charge in [-0.05, 0) is 56.2 Å². The molecule has 0 unspecified atom stereocenters. The maximum absolute atomic E-state index is 12.6. The van der Waals surface area contributed by atoms with Gasteiger partial charge in [-0.2, -0.15) is 0 Å². The highest BCUT2D eigenvalue weighted by Crippen LogP contribution is 2.23. The molecule has 150 valence electrons. The highest BCUT2D eigenvalue weighted by molar-refractivity contribution is 5.94. The van der Waals surface area contributed by atoms with Crippen LogP contribution in [0.5, 0.6) is 11.5 Å². The Morgan fingerprint density at radius 2 is 1.69 bits per heavy atom. The Balaban J connectivity index is 1.64. The van der Waals surface area contributed by atoms with Crippen LogP contribution in [0.3, 0.4) is 0 Å². The average Bonchev–Trinajstić information content (AvgIpc) is 2.75. The van der Waals surface area contributed by atoms with Gasteiger partial charge in [-0.3, -0.25) is 4.79 Å². The van der Waals surface area contributed by atoms with Gasteiger partial charge in [-0.15, -0.1) is 0 Å². The maximum atomic E-state index is 12.6. The number of benzene rings is 3. The van der Waals surface area contributed by atoms with Crippen molar-refractivity contribution in [1.82, 2.24) is 5.32 Å². The largest absolute Gasteiger partial charge is 0.493 e. The molecule has 0 aliphatic heterocycles. The van der Waals surface area contributed by atoms with Crippen LogP contribution in [-0.4, -0.2) is 19.1 Å². The van der Waals surface area contributed by atoms with Crippen molar-refractivity contribution in [2.45, 2.75) is 26.9 Å². The Morgan fingerprint density at radius 3 is 2.41 bits per heavy atom. The highest BCUT2D eigenvalue weighted by Gasteiger charge is 2.11. The van der Waals surface area contributed by atoms with E-state index in [0.717, 1.165) is 23.5 Å². The second-order valence-corrected chi connectivity index (χ2v) is 6.85. The van der Waals surface area contributed by atoms with E-state index >= 15 is 0 Å². The maximum Gasteiger partial charge on any atom is 0.251 e. The smallest absolute Gasteiger partial charge is 0.251 e. The summed E-state index contributed by atoms with van der Waals surface area (Å²) in [7, 11) is 0.